The SMILES string of the molecule is Cn1nc(Nc2ccc(C(F)(F)F)cc2)c2ncn(CC(=O)N[C@H]3CC[C@H](OCC4CCOCC4)CC3)c(=O)c21. The van der Waals surface area contributed by atoms with Gasteiger partial charge in [0.25, 0.3) is 5.56 Å². The number of carbonyl (C=O) groups is 1. The van der Waals surface area contributed by atoms with Crippen molar-refractivity contribution in [1.82, 2.24) is 24.6 Å². The van der Waals surface area contributed by atoms with Crippen molar-refractivity contribution in [2.75, 3.05) is 25.1 Å². The Morgan fingerprint density at radius 3 is 2.48 bits per heavy atom. The van der Waals surface area contributed by atoms with E-state index in [-0.39, 0.29) is 41.4 Å². The number of ether oxygens (including phenoxy) is 2. The van der Waals surface area contributed by atoms with E-state index in [0.29, 0.717) is 11.6 Å². The number of aryl methyl sites for hydroxylation is 1. The highest BCUT2D eigenvalue weighted by Crippen LogP contribution is 2.31. The topological polar surface area (TPSA) is 112 Å². The summed E-state index contributed by atoms with van der Waals surface area (Å²) in [5, 5.41) is 10.2. The molecule has 1 saturated heterocycles. The summed E-state index contributed by atoms with van der Waals surface area (Å²) in [5.41, 5.74) is -0.423. The molecule has 1 saturated carbocycles. The summed E-state index contributed by atoms with van der Waals surface area (Å²) in [4.78, 5) is 30.2. The van der Waals surface area contributed by atoms with Gasteiger partial charge >= 0.3 is 6.18 Å². The lowest BCUT2D eigenvalue weighted by Crippen LogP contribution is -2.42. The first kappa shape index (κ1) is 28.1. The van der Waals surface area contributed by atoms with Gasteiger partial charge in [0.1, 0.15) is 12.1 Å². The maximum Gasteiger partial charge on any atom is 0.416 e. The number of fused-ring (bicyclic) bond motifs is 1. The van der Waals surface area contributed by atoms with E-state index in [2.05, 4.69) is 20.7 Å². The first-order chi connectivity index (χ1) is 19.2. The predicted molar refractivity (Wildman–Crippen MR) is 141 cm³/mol. The number of benzene rings is 1. The van der Waals surface area contributed by atoms with Gasteiger partial charge in [0.15, 0.2) is 11.3 Å². The number of anilines is 2. The fraction of sp³-hybridized carbons (Fsp3) is 0.556. The Balaban J connectivity index is 1.16. The Morgan fingerprint density at radius 2 is 1.80 bits per heavy atom. The minimum atomic E-state index is -4.44. The number of hydrogen-bond donors (Lipinski definition) is 2. The molecule has 1 aromatic carbocycles. The lowest BCUT2D eigenvalue weighted by Gasteiger charge is -2.31. The van der Waals surface area contributed by atoms with Crippen molar-refractivity contribution in [1.29, 1.82) is 0 Å². The summed E-state index contributed by atoms with van der Waals surface area (Å²) < 4.78 is 52.6. The monoisotopic (exact) mass is 562 g/mol. The van der Waals surface area contributed by atoms with Crippen LogP contribution in [0.15, 0.2) is 35.4 Å². The van der Waals surface area contributed by atoms with E-state index in [1.807, 2.05) is 0 Å². The van der Waals surface area contributed by atoms with Crippen molar-refractivity contribution >= 4 is 28.4 Å². The third-order valence-corrected chi connectivity index (χ3v) is 7.55. The molecule has 3 heterocycles. The summed E-state index contributed by atoms with van der Waals surface area (Å²) in [7, 11) is 1.57. The van der Waals surface area contributed by atoms with Crippen LogP contribution in [0.25, 0.3) is 11.0 Å². The van der Waals surface area contributed by atoms with Gasteiger partial charge in [-0.2, -0.15) is 18.3 Å². The van der Waals surface area contributed by atoms with Crippen LogP contribution >= 0.6 is 0 Å². The predicted octanol–water partition coefficient (Wildman–Crippen LogP) is 3.76. The molecule has 13 heteroatoms. The normalized spacial score (nSPS) is 20.5. The Morgan fingerprint density at radius 1 is 1.10 bits per heavy atom. The van der Waals surface area contributed by atoms with Crippen LogP contribution in [0.3, 0.4) is 0 Å². The van der Waals surface area contributed by atoms with E-state index in [9.17, 15) is 22.8 Å². The molecule has 40 heavy (non-hydrogen) atoms. The van der Waals surface area contributed by atoms with Gasteiger partial charge in [-0.25, -0.2) is 4.98 Å². The van der Waals surface area contributed by atoms with E-state index >= 15 is 0 Å². The molecule has 2 N–H and O–H groups in total. The van der Waals surface area contributed by atoms with Crippen molar-refractivity contribution in [2.45, 2.75) is 63.4 Å². The molecule has 2 aliphatic rings. The highest BCUT2D eigenvalue weighted by Gasteiger charge is 2.30. The molecule has 2 fully saturated rings. The molecule has 5 rings (SSSR count). The average Bonchev–Trinajstić information content (AvgIpc) is 3.25. The zero-order valence-electron chi connectivity index (χ0n) is 22.2. The summed E-state index contributed by atoms with van der Waals surface area (Å²) in [5.74, 6) is 0.508. The number of carbonyl (C=O) groups excluding carboxylic acids is 1. The standard InChI is InChI=1S/C27H33F3N6O4/c1-35-24-23(25(34-35)33-20-4-2-18(3-5-20)27(28,29)30)31-16-36(26(24)38)14-22(37)32-19-6-8-21(9-7-19)40-15-17-10-12-39-13-11-17/h2-5,16-17,19,21H,6-15H2,1H3,(H,32,37)(H,33,34)/t19-,21-. The van der Waals surface area contributed by atoms with E-state index in [4.69, 9.17) is 9.47 Å². The molecule has 0 unspecified atom stereocenters. The van der Waals surface area contributed by atoms with Gasteiger partial charge in [0, 0.05) is 38.6 Å². The van der Waals surface area contributed by atoms with E-state index in [1.54, 1.807) is 7.05 Å². The summed E-state index contributed by atoms with van der Waals surface area (Å²) in [6.07, 6.45) is 2.53. The molecule has 1 amide bonds. The zero-order valence-corrected chi connectivity index (χ0v) is 22.2. The quantitative estimate of drug-likeness (QED) is 0.430. The number of rotatable bonds is 8. The highest BCUT2D eigenvalue weighted by molar-refractivity contribution is 5.87. The van der Waals surface area contributed by atoms with Crippen molar-refractivity contribution in [3.05, 3.63) is 46.5 Å². The van der Waals surface area contributed by atoms with Crippen molar-refractivity contribution in [3.63, 3.8) is 0 Å². The summed E-state index contributed by atoms with van der Waals surface area (Å²) >= 11 is 0. The number of hydrogen-bond acceptors (Lipinski definition) is 7. The molecule has 0 atom stereocenters. The van der Waals surface area contributed by atoms with E-state index in [0.717, 1.165) is 70.5 Å². The fourth-order valence-electron chi connectivity index (χ4n) is 5.25. The Kier molecular flexibility index (Phi) is 8.40. The van der Waals surface area contributed by atoms with Crippen molar-refractivity contribution in [3.8, 4) is 0 Å². The summed E-state index contributed by atoms with van der Waals surface area (Å²) in [6.45, 7) is 2.19. The second kappa shape index (κ2) is 12.0. The van der Waals surface area contributed by atoms with Gasteiger partial charge in [-0.1, -0.05) is 0 Å². The van der Waals surface area contributed by atoms with Crippen molar-refractivity contribution in [2.24, 2.45) is 13.0 Å². The third kappa shape index (κ3) is 6.64. The number of aromatic nitrogens is 4. The van der Waals surface area contributed by atoms with Gasteiger partial charge < -0.3 is 20.1 Å². The zero-order chi connectivity index (χ0) is 28.3. The fourth-order valence-corrected chi connectivity index (χ4v) is 5.25. The molecule has 0 spiro atoms. The Labute approximate surface area is 228 Å². The van der Waals surface area contributed by atoms with Gasteiger partial charge in [0.2, 0.25) is 5.91 Å². The third-order valence-electron chi connectivity index (χ3n) is 7.55. The van der Waals surface area contributed by atoms with Crippen LogP contribution in [0.1, 0.15) is 44.1 Å². The van der Waals surface area contributed by atoms with Crippen LogP contribution in [-0.4, -0.2) is 57.2 Å². The Bertz CT molecular complexity index is 1370. The lowest BCUT2D eigenvalue weighted by atomic mass is 9.92. The van der Waals surface area contributed by atoms with Gasteiger partial charge in [0.05, 0.1) is 18.0 Å². The molecular weight excluding hydrogens is 529 g/mol. The number of halogens is 3. The first-order valence-electron chi connectivity index (χ1n) is 13.5. The molecule has 216 valence electrons. The lowest BCUT2D eigenvalue weighted by molar-refractivity contribution is -0.137. The van der Waals surface area contributed by atoms with Crippen LogP contribution in [0.4, 0.5) is 24.7 Å². The largest absolute Gasteiger partial charge is 0.416 e. The van der Waals surface area contributed by atoms with Crippen molar-refractivity contribution < 1.29 is 27.4 Å². The summed E-state index contributed by atoms with van der Waals surface area (Å²) in [6, 6.07) is 4.50. The molecule has 3 aromatic rings. The smallest absolute Gasteiger partial charge is 0.381 e. The second-order valence-corrected chi connectivity index (χ2v) is 10.5. The van der Waals surface area contributed by atoms with E-state index < -0.39 is 17.3 Å². The first-order valence-corrected chi connectivity index (χ1v) is 13.5. The molecular formula is C27H33F3N6O4. The average molecular weight is 563 g/mol. The molecule has 0 radical (unpaired) electrons. The highest BCUT2D eigenvalue weighted by atomic mass is 19.4. The van der Waals surface area contributed by atoms with Gasteiger partial charge in [-0.05, 0) is 68.7 Å². The van der Waals surface area contributed by atoms with Crippen LogP contribution < -0.4 is 16.2 Å². The van der Waals surface area contributed by atoms with Crippen LogP contribution in [0, 0.1) is 5.92 Å². The molecule has 1 aliphatic heterocycles. The number of nitrogens with one attached hydrogen (secondary N) is 2. The maximum absolute atomic E-state index is 13.1. The molecule has 1 aliphatic carbocycles. The molecule has 0 bridgehead atoms. The Hall–Kier alpha value is -3.45. The van der Waals surface area contributed by atoms with Crippen LogP contribution in [0.5, 0.6) is 0 Å². The minimum absolute atomic E-state index is 0.0269. The number of amides is 1. The van der Waals surface area contributed by atoms with E-state index in [1.165, 1.54) is 27.7 Å². The molecule has 2 aromatic heterocycles. The number of nitrogens with zero attached hydrogens (tertiary/aromatic N) is 4. The second-order valence-electron chi connectivity index (χ2n) is 10.5. The number of alkyl halides is 3. The minimum Gasteiger partial charge on any atom is -0.381 e. The van der Waals surface area contributed by atoms with Gasteiger partial charge in [-0.3, -0.25) is 18.8 Å². The molecule has 10 nitrogen and oxygen atoms in total. The maximum atomic E-state index is 13.1. The van der Waals surface area contributed by atoms with Crippen LogP contribution in [-0.2, 0) is 34.0 Å². The van der Waals surface area contributed by atoms with Gasteiger partial charge in [-0.15, -0.1) is 0 Å². The van der Waals surface area contributed by atoms with Crippen LogP contribution in [0.2, 0.25) is 0 Å².